The molecule has 2 heterocycles. The van der Waals surface area contributed by atoms with E-state index < -0.39 is 0 Å². The van der Waals surface area contributed by atoms with Gasteiger partial charge in [-0.05, 0) is 6.92 Å². The predicted octanol–water partition coefficient (Wildman–Crippen LogP) is 1.94. The van der Waals surface area contributed by atoms with Gasteiger partial charge in [0.15, 0.2) is 0 Å². The lowest BCUT2D eigenvalue weighted by Gasteiger charge is -1.82. The van der Waals surface area contributed by atoms with Crippen LogP contribution >= 0.6 is 11.3 Å². The molecule has 0 unspecified atom stereocenters. The topological polar surface area (TPSA) is 17.8 Å². The fourth-order valence-corrected chi connectivity index (χ4v) is 1.94. The average Bonchev–Trinajstić information content (AvgIpc) is 2.21. The van der Waals surface area contributed by atoms with E-state index in [1.54, 1.807) is 11.3 Å². The number of rotatable bonds is 0. The summed E-state index contributed by atoms with van der Waals surface area (Å²) in [6.07, 6.45) is 4.14. The van der Waals surface area contributed by atoms with Gasteiger partial charge in [0, 0.05) is 19.4 Å². The molecule has 0 bridgehead atoms. The molecule has 0 aliphatic carbocycles. The Balaban J connectivity index is 2.83. The van der Waals surface area contributed by atoms with Crippen molar-refractivity contribution in [3.8, 4) is 0 Å². The minimum Gasteiger partial charge on any atom is -0.354 e. The van der Waals surface area contributed by atoms with E-state index >= 15 is 0 Å². The van der Waals surface area contributed by atoms with Gasteiger partial charge >= 0.3 is 0 Å². The van der Waals surface area contributed by atoms with Crippen molar-refractivity contribution in [2.45, 2.75) is 6.92 Å². The first kappa shape index (κ1) is 5.92. The fourth-order valence-electron chi connectivity index (χ4n) is 1.06. The molecular weight excluding hydrogens is 144 g/mol. The van der Waals surface area contributed by atoms with Crippen LogP contribution in [0, 0.1) is 6.92 Å². The molecule has 0 aromatic carbocycles. The van der Waals surface area contributed by atoms with Gasteiger partial charge in [-0.15, -0.1) is 11.3 Å². The van der Waals surface area contributed by atoms with Crippen molar-refractivity contribution in [3.63, 3.8) is 0 Å². The van der Waals surface area contributed by atoms with Gasteiger partial charge in [-0.2, -0.15) is 0 Å². The van der Waals surface area contributed by atoms with Crippen LogP contribution in [0.4, 0.5) is 0 Å². The third-order valence-corrected chi connectivity index (χ3v) is 2.36. The summed E-state index contributed by atoms with van der Waals surface area (Å²) in [6.45, 7) is 2.03. The largest absolute Gasteiger partial charge is 0.354 e. The lowest BCUT2D eigenvalue weighted by atomic mass is 10.6. The van der Waals surface area contributed by atoms with Crippen molar-refractivity contribution >= 4 is 21.6 Å². The van der Waals surface area contributed by atoms with Crippen LogP contribution in [0.1, 0.15) is 5.01 Å². The van der Waals surface area contributed by atoms with E-state index in [1.165, 1.54) is 4.70 Å². The predicted molar refractivity (Wildman–Crippen MR) is 43.3 cm³/mol. The average molecular weight is 152 g/mol. The Morgan fingerprint density at radius 3 is 3.00 bits per heavy atom. The molecule has 2 aromatic heterocycles. The highest BCUT2D eigenvalue weighted by Gasteiger charge is 2.00. The van der Waals surface area contributed by atoms with Crippen LogP contribution in [-0.2, 0) is 7.05 Å². The van der Waals surface area contributed by atoms with Crippen LogP contribution in [0.25, 0.3) is 10.2 Å². The van der Waals surface area contributed by atoms with E-state index in [0.717, 1.165) is 10.5 Å². The summed E-state index contributed by atoms with van der Waals surface area (Å²) < 4.78 is 3.31. The molecule has 2 rings (SSSR count). The summed E-state index contributed by atoms with van der Waals surface area (Å²) in [5.41, 5.74) is 1.12. The van der Waals surface area contributed by atoms with Crippen molar-refractivity contribution in [3.05, 3.63) is 17.4 Å². The second-order valence-electron chi connectivity index (χ2n) is 2.41. The standard InChI is InChI=1S/C7H8N2S/c1-5-8-6-3-9(2)4-7(6)10-5/h3-4H,1-2H3. The van der Waals surface area contributed by atoms with E-state index in [1.807, 2.05) is 24.7 Å². The van der Waals surface area contributed by atoms with Crippen molar-refractivity contribution in [1.82, 2.24) is 9.55 Å². The highest BCUT2D eigenvalue weighted by molar-refractivity contribution is 7.18. The zero-order valence-corrected chi connectivity index (χ0v) is 6.77. The van der Waals surface area contributed by atoms with Crippen molar-refractivity contribution < 1.29 is 0 Å². The minimum atomic E-state index is 1.12. The molecule has 2 nitrogen and oxygen atoms in total. The van der Waals surface area contributed by atoms with Gasteiger partial charge < -0.3 is 4.57 Å². The molecule has 2 aromatic rings. The summed E-state index contributed by atoms with van der Waals surface area (Å²) >= 11 is 1.74. The number of aromatic nitrogens is 2. The first-order valence-corrected chi connectivity index (χ1v) is 3.96. The van der Waals surface area contributed by atoms with E-state index in [-0.39, 0.29) is 0 Å². The monoisotopic (exact) mass is 152 g/mol. The number of nitrogens with zero attached hydrogens (tertiary/aromatic N) is 2. The number of fused-ring (bicyclic) bond motifs is 1. The van der Waals surface area contributed by atoms with Gasteiger partial charge in [-0.25, -0.2) is 4.98 Å². The number of hydrogen-bond acceptors (Lipinski definition) is 2. The maximum Gasteiger partial charge on any atom is 0.0991 e. The molecule has 52 valence electrons. The Hall–Kier alpha value is -0.830. The van der Waals surface area contributed by atoms with Crippen LogP contribution in [0.15, 0.2) is 12.4 Å². The van der Waals surface area contributed by atoms with Gasteiger partial charge in [-0.3, -0.25) is 0 Å². The number of thiazole rings is 1. The summed E-state index contributed by atoms with van der Waals surface area (Å²) in [5.74, 6) is 0. The normalized spacial score (nSPS) is 11.0. The quantitative estimate of drug-likeness (QED) is 0.564. The number of hydrogen-bond donors (Lipinski definition) is 0. The van der Waals surface area contributed by atoms with E-state index in [2.05, 4.69) is 11.2 Å². The van der Waals surface area contributed by atoms with E-state index in [9.17, 15) is 0 Å². The second-order valence-corrected chi connectivity index (χ2v) is 3.64. The molecule has 0 atom stereocenters. The lowest BCUT2D eigenvalue weighted by Crippen LogP contribution is -1.77. The molecule has 0 saturated heterocycles. The Morgan fingerprint density at radius 2 is 2.30 bits per heavy atom. The molecular formula is C7H8N2S. The zero-order valence-electron chi connectivity index (χ0n) is 5.96. The van der Waals surface area contributed by atoms with Crippen LogP contribution in [0.5, 0.6) is 0 Å². The fraction of sp³-hybridized carbons (Fsp3) is 0.286. The van der Waals surface area contributed by atoms with E-state index in [4.69, 9.17) is 0 Å². The molecule has 0 fully saturated rings. The zero-order chi connectivity index (χ0) is 7.14. The third-order valence-electron chi connectivity index (χ3n) is 1.43. The highest BCUT2D eigenvalue weighted by Crippen LogP contribution is 2.21. The summed E-state index contributed by atoms with van der Waals surface area (Å²) in [6, 6.07) is 0. The van der Waals surface area contributed by atoms with Crippen LogP contribution in [-0.4, -0.2) is 9.55 Å². The van der Waals surface area contributed by atoms with Gasteiger partial charge in [0.05, 0.1) is 15.2 Å². The van der Waals surface area contributed by atoms with Gasteiger partial charge in [0.25, 0.3) is 0 Å². The minimum absolute atomic E-state index is 1.12. The Morgan fingerprint density at radius 1 is 1.50 bits per heavy atom. The Kier molecular flexibility index (Phi) is 1.08. The van der Waals surface area contributed by atoms with Gasteiger partial charge in [0.1, 0.15) is 0 Å². The summed E-state index contributed by atoms with van der Waals surface area (Å²) in [5, 5.41) is 1.14. The van der Waals surface area contributed by atoms with Crippen molar-refractivity contribution in [2.24, 2.45) is 7.05 Å². The summed E-state index contributed by atoms with van der Waals surface area (Å²) in [7, 11) is 2.02. The number of aryl methyl sites for hydroxylation is 2. The Labute approximate surface area is 63.1 Å². The molecule has 0 amide bonds. The highest BCUT2D eigenvalue weighted by atomic mass is 32.1. The third kappa shape index (κ3) is 0.743. The molecule has 0 N–H and O–H groups in total. The maximum absolute atomic E-state index is 4.33. The smallest absolute Gasteiger partial charge is 0.0991 e. The summed E-state index contributed by atoms with van der Waals surface area (Å²) in [4.78, 5) is 4.33. The molecule has 0 aliphatic heterocycles. The van der Waals surface area contributed by atoms with Crippen molar-refractivity contribution in [2.75, 3.05) is 0 Å². The van der Waals surface area contributed by atoms with Gasteiger partial charge in [0.2, 0.25) is 0 Å². The van der Waals surface area contributed by atoms with Gasteiger partial charge in [-0.1, -0.05) is 0 Å². The lowest BCUT2D eigenvalue weighted by molar-refractivity contribution is 0.932. The maximum atomic E-state index is 4.33. The molecule has 0 aliphatic rings. The molecule has 0 spiro atoms. The van der Waals surface area contributed by atoms with Crippen LogP contribution in [0.3, 0.4) is 0 Å². The first-order chi connectivity index (χ1) is 4.75. The van der Waals surface area contributed by atoms with E-state index in [0.29, 0.717) is 0 Å². The molecule has 0 saturated carbocycles. The SMILES string of the molecule is Cc1nc2cn(C)cc2s1. The molecule has 10 heavy (non-hydrogen) atoms. The Bertz CT molecular complexity index is 295. The van der Waals surface area contributed by atoms with Crippen LogP contribution in [0.2, 0.25) is 0 Å². The molecule has 0 radical (unpaired) electrons. The molecule has 3 heteroatoms. The van der Waals surface area contributed by atoms with Crippen molar-refractivity contribution in [1.29, 1.82) is 0 Å². The second kappa shape index (κ2) is 1.83. The van der Waals surface area contributed by atoms with Crippen LogP contribution < -0.4 is 0 Å². The first-order valence-electron chi connectivity index (χ1n) is 3.15.